The van der Waals surface area contributed by atoms with Gasteiger partial charge in [-0.05, 0) is 25.1 Å². The number of carbonyl (C=O) groups is 1. The summed E-state index contributed by atoms with van der Waals surface area (Å²) in [7, 11) is 0. The van der Waals surface area contributed by atoms with E-state index >= 15 is 0 Å². The van der Waals surface area contributed by atoms with Crippen molar-refractivity contribution in [2.24, 2.45) is 5.73 Å². The van der Waals surface area contributed by atoms with Gasteiger partial charge in [0.05, 0.1) is 6.42 Å². The highest BCUT2D eigenvalue weighted by Gasteiger charge is 2.08. The van der Waals surface area contributed by atoms with E-state index in [9.17, 15) is 4.79 Å². The summed E-state index contributed by atoms with van der Waals surface area (Å²) in [6.45, 7) is 1.75. The molecule has 0 aliphatic heterocycles. The number of ether oxygens (including phenoxy) is 1. The molecule has 0 bridgehead atoms. The van der Waals surface area contributed by atoms with E-state index in [0.717, 1.165) is 0 Å². The summed E-state index contributed by atoms with van der Waals surface area (Å²) < 4.78 is 5.42. The molecule has 0 heterocycles. The van der Waals surface area contributed by atoms with Crippen LogP contribution in [0, 0.1) is 0 Å². The molecule has 15 heavy (non-hydrogen) atoms. The van der Waals surface area contributed by atoms with Crippen molar-refractivity contribution in [3.63, 3.8) is 0 Å². The van der Waals surface area contributed by atoms with Gasteiger partial charge in [0, 0.05) is 10.0 Å². The van der Waals surface area contributed by atoms with Crippen LogP contribution in [0.4, 0.5) is 0 Å². The van der Waals surface area contributed by atoms with Gasteiger partial charge >= 0.3 is 0 Å². The lowest BCUT2D eigenvalue weighted by atomic mass is 10.2. The lowest BCUT2D eigenvalue weighted by Gasteiger charge is -2.13. The monoisotopic (exact) mass is 247 g/mol. The zero-order valence-electron chi connectivity index (χ0n) is 8.17. The van der Waals surface area contributed by atoms with Crippen molar-refractivity contribution in [1.29, 1.82) is 0 Å². The van der Waals surface area contributed by atoms with Crippen LogP contribution in [0.15, 0.2) is 18.2 Å². The lowest BCUT2D eigenvalue weighted by Crippen LogP contribution is -2.22. The Kier molecular flexibility index (Phi) is 4.24. The van der Waals surface area contributed by atoms with Gasteiger partial charge in [-0.25, -0.2) is 0 Å². The minimum atomic E-state index is -0.407. The van der Waals surface area contributed by atoms with Gasteiger partial charge in [0.15, 0.2) is 0 Å². The average molecular weight is 248 g/mol. The molecule has 1 aromatic carbocycles. The largest absolute Gasteiger partial charge is 0.490 e. The van der Waals surface area contributed by atoms with E-state index in [2.05, 4.69) is 0 Å². The number of nitrogens with two attached hydrogens (primary N) is 1. The van der Waals surface area contributed by atoms with E-state index in [1.807, 2.05) is 0 Å². The predicted octanol–water partition coefficient (Wildman–Crippen LogP) is 2.64. The summed E-state index contributed by atoms with van der Waals surface area (Å²) in [5.74, 6) is 0.122. The maximum atomic E-state index is 10.6. The first kappa shape index (κ1) is 12.1. The van der Waals surface area contributed by atoms with E-state index < -0.39 is 5.91 Å². The third-order valence-corrected chi connectivity index (χ3v) is 2.10. The Morgan fingerprint density at radius 1 is 1.40 bits per heavy atom. The lowest BCUT2D eigenvalue weighted by molar-refractivity contribution is -0.119. The van der Waals surface area contributed by atoms with Gasteiger partial charge in [-0.15, -0.1) is 0 Å². The number of hydrogen-bond acceptors (Lipinski definition) is 2. The first-order chi connectivity index (χ1) is 6.97. The van der Waals surface area contributed by atoms with Crippen LogP contribution in [0.1, 0.15) is 13.3 Å². The van der Waals surface area contributed by atoms with Crippen molar-refractivity contribution < 1.29 is 9.53 Å². The summed E-state index contributed by atoms with van der Waals surface area (Å²) in [4.78, 5) is 10.6. The Labute approximate surface area is 98.1 Å². The summed E-state index contributed by atoms with van der Waals surface area (Å²) in [6, 6.07) is 4.87. The molecule has 0 aromatic heterocycles. The van der Waals surface area contributed by atoms with Crippen LogP contribution in [0.25, 0.3) is 0 Å². The summed E-state index contributed by atoms with van der Waals surface area (Å²) >= 11 is 11.6. The number of rotatable bonds is 4. The van der Waals surface area contributed by atoms with Gasteiger partial charge in [-0.3, -0.25) is 4.79 Å². The van der Waals surface area contributed by atoms with Crippen LogP contribution in [-0.4, -0.2) is 12.0 Å². The summed E-state index contributed by atoms with van der Waals surface area (Å²) in [5.41, 5.74) is 5.04. The highest BCUT2D eigenvalue weighted by atomic mass is 35.5. The predicted molar refractivity (Wildman–Crippen MR) is 60.4 cm³/mol. The molecule has 0 aliphatic carbocycles. The quantitative estimate of drug-likeness (QED) is 0.890. The third-order valence-electron chi connectivity index (χ3n) is 1.66. The standard InChI is InChI=1S/C10H11Cl2NO2/c1-6(2-10(13)14)15-9-4-7(11)3-8(12)5-9/h3-6H,2H2,1H3,(H2,13,14). The molecule has 1 unspecified atom stereocenters. The second-order valence-corrected chi connectivity index (χ2v) is 4.08. The van der Waals surface area contributed by atoms with Gasteiger partial charge in [0.25, 0.3) is 0 Å². The normalized spacial score (nSPS) is 12.2. The maximum absolute atomic E-state index is 10.6. The summed E-state index contributed by atoms with van der Waals surface area (Å²) in [5, 5.41) is 0.979. The Hall–Kier alpha value is -0.930. The number of benzene rings is 1. The molecule has 0 saturated carbocycles. The molecule has 5 heteroatoms. The molecule has 1 atom stereocenters. The zero-order valence-corrected chi connectivity index (χ0v) is 9.68. The molecule has 0 spiro atoms. The smallest absolute Gasteiger partial charge is 0.221 e. The highest BCUT2D eigenvalue weighted by Crippen LogP contribution is 2.25. The van der Waals surface area contributed by atoms with E-state index in [1.165, 1.54) is 0 Å². The van der Waals surface area contributed by atoms with Crippen molar-refractivity contribution >= 4 is 29.1 Å². The molecule has 82 valence electrons. The Morgan fingerprint density at radius 3 is 2.40 bits per heavy atom. The van der Waals surface area contributed by atoms with Crippen molar-refractivity contribution in [2.75, 3.05) is 0 Å². The average Bonchev–Trinajstić information content (AvgIpc) is 1.98. The second-order valence-electron chi connectivity index (χ2n) is 3.20. The van der Waals surface area contributed by atoms with E-state index in [0.29, 0.717) is 15.8 Å². The Bertz CT molecular complexity index is 348. The number of carbonyl (C=O) groups excluding carboxylic acids is 1. The highest BCUT2D eigenvalue weighted by molar-refractivity contribution is 6.34. The van der Waals surface area contributed by atoms with Gasteiger partial charge in [0.1, 0.15) is 11.9 Å². The fourth-order valence-corrected chi connectivity index (χ4v) is 1.66. The number of hydrogen-bond donors (Lipinski definition) is 1. The van der Waals surface area contributed by atoms with Gasteiger partial charge in [-0.2, -0.15) is 0 Å². The fourth-order valence-electron chi connectivity index (χ4n) is 1.15. The number of primary amides is 1. The van der Waals surface area contributed by atoms with Crippen LogP contribution >= 0.6 is 23.2 Å². The van der Waals surface area contributed by atoms with E-state index in [1.54, 1.807) is 25.1 Å². The fraction of sp³-hybridized carbons (Fsp3) is 0.300. The molecule has 1 aromatic rings. The molecule has 0 radical (unpaired) electrons. The number of halogens is 2. The van der Waals surface area contributed by atoms with Crippen LogP contribution < -0.4 is 10.5 Å². The van der Waals surface area contributed by atoms with Crippen molar-refractivity contribution in [3.8, 4) is 5.75 Å². The van der Waals surface area contributed by atoms with E-state index in [-0.39, 0.29) is 12.5 Å². The third kappa shape index (κ3) is 4.40. The molecule has 0 saturated heterocycles. The molecule has 1 rings (SSSR count). The van der Waals surface area contributed by atoms with Gasteiger partial charge in [0.2, 0.25) is 5.91 Å². The maximum Gasteiger partial charge on any atom is 0.221 e. The molecule has 3 nitrogen and oxygen atoms in total. The Morgan fingerprint density at radius 2 is 1.93 bits per heavy atom. The van der Waals surface area contributed by atoms with Gasteiger partial charge < -0.3 is 10.5 Å². The van der Waals surface area contributed by atoms with Crippen LogP contribution in [-0.2, 0) is 4.79 Å². The molecule has 0 fully saturated rings. The van der Waals surface area contributed by atoms with Crippen LogP contribution in [0.5, 0.6) is 5.75 Å². The van der Waals surface area contributed by atoms with Crippen LogP contribution in [0.3, 0.4) is 0 Å². The zero-order chi connectivity index (χ0) is 11.4. The molecule has 0 aliphatic rings. The van der Waals surface area contributed by atoms with E-state index in [4.69, 9.17) is 33.7 Å². The minimum absolute atomic E-state index is 0.157. The Balaban J connectivity index is 2.67. The first-order valence-corrected chi connectivity index (χ1v) is 5.14. The first-order valence-electron chi connectivity index (χ1n) is 4.38. The summed E-state index contributed by atoms with van der Waals surface area (Å²) in [6.07, 6.45) is -0.138. The van der Waals surface area contributed by atoms with Crippen molar-refractivity contribution in [3.05, 3.63) is 28.2 Å². The second kappa shape index (κ2) is 5.24. The molecule has 2 N–H and O–H groups in total. The van der Waals surface area contributed by atoms with Crippen molar-refractivity contribution in [2.45, 2.75) is 19.4 Å². The molecular formula is C10H11Cl2NO2. The van der Waals surface area contributed by atoms with Crippen LogP contribution in [0.2, 0.25) is 10.0 Å². The minimum Gasteiger partial charge on any atom is -0.490 e. The van der Waals surface area contributed by atoms with Gasteiger partial charge in [-0.1, -0.05) is 23.2 Å². The topological polar surface area (TPSA) is 52.3 Å². The van der Waals surface area contributed by atoms with Crippen molar-refractivity contribution in [1.82, 2.24) is 0 Å². The number of amides is 1. The molecular weight excluding hydrogens is 237 g/mol. The molecule has 1 amide bonds. The SMILES string of the molecule is CC(CC(N)=O)Oc1cc(Cl)cc(Cl)c1.